The number of hydrogen-bond acceptors (Lipinski definition) is 6. The SMILES string of the molecule is COc1ccc(/C=C2/SC(=S)N(NC(=O)c3cccs3)C2=O)cc1Br. The number of thioether (sulfide) groups is 1. The molecule has 2 aromatic rings. The number of rotatable bonds is 4. The summed E-state index contributed by atoms with van der Waals surface area (Å²) >= 11 is 11.1. The minimum Gasteiger partial charge on any atom is -0.496 e. The lowest BCUT2D eigenvalue weighted by Crippen LogP contribution is -2.44. The van der Waals surface area contributed by atoms with Crippen LogP contribution in [0.5, 0.6) is 5.75 Å². The Bertz CT molecular complexity index is 881. The van der Waals surface area contributed by atoms with Crippen molar-refractivity contribution in [3.63, 3.8) is 0 Å². The maximum absolute atomic E-state index is 12.5. The number of carbonyl (C=O) groups excluding carboxylic acids is 2. The third-order valence-corrected chi connectivity index (χ3v) is 6.02. The standard InChI is InChI=1S/C16H11BrN2O3S3/c1-22-11-5-4-9(7-10(11)17)8-13-15(21)19(16(23)25-13)18-14(20)12-3-2-6-24-12/h2-8H,1H3,(H,18,20)/b13-8+. The summed E-state index contributed by atoms with van der Waals surface area (Å²) < 4.78 is 6.26. The van der Waals surface area contributed by atoms with Gasteiger partial charge in [0, 0.05) is 0 Å². The minimum absolute atomic E-state index is 0.286. The van der Waals surface area contributed by atoms with E-state index in [2.05, 4.69) is 21.4 Å². The zero-order valence-corrected chi connectivity index (χ0v) is 16.9. The van der Waals surface area contributed by atoms with Gasteiger partial charge in [0.05, 0.1) is 21.4 Å². The molecule has 1 aliphatic rings. The van der Waals surface area contributed by atoms with Crippen LogP contribution in [0.4, 0.5) is 0 Å². The van der Waals surface area contributed by atoms with Gasteiger partial charge >= 0.3 is 0 Å². The fraction of sp³-hybridized carbons (Fsp3) is 0.0625. The van der Waals surface area contributed by atoms with Crippen LogP contribution in [-0.2, 0) is 4.79 Å². The molecule has 1 N–H and O–H groups in total. The molecule has 2 amide bonds. The highest BCUT2D eigenvalue weighted by atomic mass is 79.9. The predicted molar refractivity (Wildman–Crippen MR) is 107 cm³/mol. The molecule has 0 aliphatic carbocycles. The molecule has 5 nitrogen and oxygen atoms in total. The molecule has 0 atom stereocenters. The van der Waals surface area contributed by atoms with Gasteiger partial charge in [0.15, 0.2) is 4.32 Å². The maximum atomic E-state index is 12.5. The molecule has 1 fully saturated rings. The van der Waals surface area contributed by atoms with E-state index in [-0.39, 0.29) is 16.1 Å². The summed E-state index contributed by atoms with van der Waals surface area (Å²) in [4.78, 5) is 25.6. The first-order valence-corrected chi connectivity index (χ1v) is 9.85. The second kappa shape index (κ2) is 7.69. The van der Waals surface area contributed by atoms with E-state index in [0.29, 0.717) is 15.5 Å². The molecular weight excluding hydrogens is 444 g/mol. The highest BCUT2D eigenvalue weighted by Crippen LogP contribution is 2.33. The quantitative estimate of drug-likeness (QED) is 0.557. The predicted octanol–water partition coefficient (Wildman–Crippen LogP) is 4.07. The number of hydrogen-bond donors (Lipinski definition) is 1. The minimum atomic E-state index is -0.361. The Labute approximate surface area is 166 Å². The first-order chi connectivity index (χ1) is 12.0. The summed E-state index contributed by atoms with van der Waals surface area (Å²) in [6.45, 7) is 0. The Balaban J connectivity index is 1.78. The van der Waals surface area contributed by atoms with Crippen molar-refractivity contribution in [2.24, 2.45) is 0 Å². The third-order valence-electron chi connectivity index (χ3n) is 3.23. The molecule has 0 saturated carbocycles. The number of thiocarbonyl (C=S) groups is 1. The fourth-order valence-electron chi connectivity index (χ4n) is 2.05. The lowest BCUT2D eigenvalue weighted by Gasteiger charge is -2.14. The largest absolute Gasteiger partial charge is 0.496 e. The molecule has 9 heteroatoms. The summed E-state index contributed by atoms with van der Waals surface area (Å²) in [5.41, 5.74) is 3.37. The van der Waals surface area contributed by atoms with Gasteiger partial charge in [0.2, 0.25) is 0 Å². The van der Waals surface area contributed by atoms with Crippen molar-refractivity contribution < 1.29 is 14.3 Å². The summed E-state index contributed by atoms with van der Waals surface area (Å²) in [5.74, 6) is -0.0144. The van der Waals surface area contributed by atoms with Gasteiger partial charge in [0.25, 0.3) is 11.8 Å². The van der Waals surface area contributed by atoms with Gasteiger partial charge < -0.3 is 4.74 Å². The smallest absolute Gasteiger partial charge is 0.285 e. The van der Waals surface area contributed by atoms with Gasteiger partial charge in [-0.15, -0.1) is 11.3 Å². The molecule has 0 bridgehead atoms. The number of methoxy groups -OCH3 is 1. The Morgan fingerprint density at radius 2 is 2.20 bits per heavy atom. The number of nitrogens with zero attached hydrogens (tertiary/aromatic N) is 1. The van der Waals surface area contributed by atoms with E-state index < -0.39 is 0 Å². The van der Waals surface area contributed by atoms with Crippen LogP contribution in [-0.4, -0.2) is 28.3 Å². The van der Waals surface area contributed by atoms with Crippen LogP contribution in [0.3, 0.4) is 0 Å². The molecule has 1 aromatic carbocycles. The maximum Gasteiger partial charge on any atom is 0.285 e. The van der Waals surface area contributed by atoms with E-state index in [9.17, 15) is 9.59 Å². The van der Waals surface area contributed by atoms with Crippen molar-refractivity contribution in [3.05, 3.63) is 55.5 Å². The molecule has 0 spiro atoms. The summed E-state index contributed by atoms with van der Waals surface area (Å²) in [6, 6.07) is 8.93. The first kappa shape index (κ1) is 18.1. The number of halogens is 1. The van der Waals surface area contributed by atoms with E-state index in [1.807, 2.05) is 12.1 Å². The summed E-state index contributed by atoms with van der Waals surface area (Å²) in [6.07, 6.45) is 1.72. The van der Waals surface area contributed by atoms with Crippen LogP contribution in [0, 0.1) is 0 Å². The van der Waals surface area contributed by atoms with Crippen LogP contribution in [0.2, 0.25) is 0 Å². The lowest BCUT2D eigenvalue weighted by molar-refractivity contribution is -0.123. The number of hydrazine groups is 1. The molecule has 0 unspecified atom stereocenters. The van der Waals surface area contributed by atoms with Gasteiger partial charge in [0.1, 0.15) is 5.75 Å². The van der Waals surface area contributed by atoms with Crippen molar-refractivity contribution in [2.75, 3.05) is 7.11 Å². The molecule has 128 valence electrons. The molecule has 3 rings (SSSR count). The lowest BCUT2D eigenvalue weighted by atomic mass is 10.2. The topological polar surface area (TPSA) is 58.6 Å². The highest BCUT2D eigenvalue weighted by Gasteiger charge is 2.33. The number of carbonyl (C=O) groups is 2. The van der Waals surface area contributed by atoms with Gasteiger partial charge in [-0.3, -0.25) is 15.0 Å². The van der Waals surface area contributed by atoms with E-state index in [1.54, 1.807) is 36.8 Å². The number of benzene rings is 1. The van der Waals surface area contributed by atoms with Gasteiger partial charge in [-0.1, -0.05) is 23.9 Å². The van der Waals surface area contributed by atoms with Crippen LogP contribution in [0.15, 0.2) is 45.1 Å². The van der Waals surface area contributed by atoms with Crippen LogP contribution < -0.4 is 10.2 Å². The van der Waals surface area contributed by atoms with Crippen LogP contribution in [0.25, 0.3) is 6.08 Å². The molecule has 25 heavy (non-hydrogen) atoms. The van der Waals surface area contributed by atoms with E-state index in [4.69, 9.17) is 17.0 Å². The Morgan fingerprint density at radius 1 is 1.40 bits per heavy atom. The molecular formula is C16H11BrN2O3S3. The van der Waals surface area contributed by atoms with Gasteiger partial charge in [-0.25, -0.2) is 0 Å². The van der Waals surface area contributed by atoms with Gasteiger partial charge in [-0.05, 0) is 63.4 Å². The zero-order chi connectivity index (χ0) is 18.0. The monoisotopic (exact) mass is 454 g/mol. The second-order valence-electron chi connectivity index (χ2n) is 4.83. The van der Waals surface area contributed by atoms with Crippen molar-refractivity contribution >= 4 is 73.5 Å². The second-order valence-corrected chi connectivity index (χ2v) is 8.31. The van der Waals surface area contributed by atoms with Crippen molar-refractivity contribution in [1.82, 2.24) is 10.4 Å². The van der Waals surface area contributed by atoms with Crippen LogP contribution in [0.1, 0.15) is 15.2 Å². The summed E-state index contributed by atoms with van der Waals surface area (Å²) in [5, 5.41) is 2.90. The van der Waals surface area contributed by atoms with Gasteiger partial charge in [-0.2, -0.15) is 5.01 Å². The highest BCUT2D eigenvalue weighted by molar-refractivity contribution is 9.10. The Kier molecular flexibility index (Phi) is 5.57. The third kappa shape index (κ3) is 3.95. The Morgan fingerprint density at radius 3 is 2.84 bits per heavy atom. The number of thiophene rings is 1. The summed E-state index contributed by atoms with van der Waals surface area (Å²) in [7, 11) is 1.58. The average molecular weight is 455 g/mol. The first-order valence-electron chi connectivity index (χ1n) is 6.95. The van der Waals surface area contributed by atoms with Crippen LogP contribution >= 0.6 is 51.2 Å². The molecule has 1 saturated heterocycles. The molecule has 1 aliphatic heterocycles. The van der Waals surface area contributed by atoms with Crippen molar-refractivity contribution in [2.45, 2.75) is 0 Å². The van der Waals surface area contributed by atoms with Crippen molar-refractivity contribution in [3.8, 4) is 5.75 Å². The fourth-order valence-corrected chi connectivity index (χ4v) is 4.40. The number of amides is 2. The molecule has 0 radical (unpaired) electrons. The number of ether oxygens (including phenoxy) is 1. The van der Waals surface area contributed by atoms with Crippen molar-refractivity contribution in [1.29, 1.82) is 0 Å². The normalized spacial score (nSPS) is 15.8. The number of nitrogens with one attached hydrogen (secondary N) is 1. The zero-order valence-electron chi connectivity index (χ0n) is 12.8. The average Bonchev–Trinajstić information content (AvgIpc) is 3.20. The Hall–Kier alpha value is -1.68. The van der Waals surface area contributed by atoms with E-state index in [0.717, 1.165) is 26.8 Å². The van der Waals surface area contributed by atoms with E-state index >= 15 is 0 Å². The molecule has 1 aromatic heterocycles. The molecule has 2 heterocycles. The van der Waals surface area contributed by atoms with E-state index in [1.165, 1.54) is 11.3 Å².